The fourth-order valence-electron chi connectivity index (χ4n) is 4.27. The average Bonchev–Trinajstić information content (AvgIpc) is 3.16. The number of hydrogen-bond donors (Lipinski definition) is 0. The number of aryl methyl sites for hydroxylation is 1. The van der Waals surface area contributed by atoms with Gasteiger partial charge in [0.05, 0.1) is 28.6 Å². The zero-order valence-corrected chi connectivity index (χ0v) is 19.4. The Balaban J connectivity index is 1.32. The van der Waals surface area contributed by atoms with Gasteiger partial charge in [0.15, 0.2) is 0 Å². The first kappa shape index (κ1) is 21.3. The molecule has 0 aromatic carbocycles. The lowest BCUT2D eigenvalue weighted by atomic mass is 9.93. The molecule has 0 bridgehead atoms. The van der Waals surface area contributed by atoms with Crippen LogP contribution in [0.25, 0.3) is 33.3 Å². The first-order valence-corrected chi connectivity index (χ1v) is 11.3. The molecule has 1 amide bonds. The van der Waals surface area contributed by atoms with Crippen LogP contribution < -0.4 is 0 Å². The van der Waals surface area contributed by atoms with E-state index in [1.807, 2.05) is 58.3 Å². The van der Waals surface area contributed by atoms with Crippen molar-refractivity contribution >= 4 is 28.0 Å². The predicted octanol–water partition coefficient (Wildman–Crippen LogP) is 4.69. The molecule has 1 fully saturated rings. The highest BCUT2D eigenvalue weighted by molar-refractivity contribution is 5.83. The molecule has 4 aromatic heterocycles. The van der Waals surface area contributed by atoms with Gasteiger partial charge in [0.1, 0.15) is 11.1 Å². The number of amides is 1. The number of hydrogen-bond acceptors (Lipinski definition) is 6. The van der Waals surface area contributed by atoms with Gasteiger partial charge in [0.2, 0.25) is 0 Å². The quantitative estimate of drug-likeness (QED) is 0.446. The number of rotatable bonds is 2. The molecule has 33 heavy (non-hydrogen) atoms. The highest BCUT2D eigenvalue weighted by Crippen LogP contribution is 2.29. The van der Waals surface area contributed by atoms with Crippen molar-refractivity contribution in [3.8, 4) is 11.4 Å². The molecule has 1 aliphatic rings. The van der Waals surface area contributed by atoms with Crippen LogP contribution in [0.15, 0.2) is 42.7 Å². The van der Waals surface area contributed by atoms with Crippen molar-refractivity contribution < 1.29 is 9.53 Å². The van der Waals surface area contributed by atoms with E-state index in [0.29, 0.717) is 19.0 Å². The second kappa shape index (κ2) is 8.10. The summed E-state index contributed by atoms with van der Waals surface area (Å²) in [5.74, 6) is 0.322. The number of piperidine rings is 1. The second-order valence-electron chi connectivity index (χ2n) is 9.64. The number of ether oxygens (including phenoxy) is 1. The van der Waals surface area contributed by atoms with E-state index >= 15 is 0 Å². The third-order valence-electron chi connectivity index (χ3n) is 5.90. The number of carbonyl (C=O) groups is 1. The van der Waals surface area contributed by atoms with Crippen LogP contribution >= 0.6 is 0 Å². The maximum atomic E-state index is 12.3. The molecule has 0 atom stereocenters. The molecule has 1 saturated heterocycles. The fraction of sp³-hybridized carbons (Fsp3) is 0.400. The Bertz CT molecular complexity index is 1330. The maximum Gasteiger partial charge on any atom is 0.410 e. The fourth-order valence-corrected chi connectivity index (χ4v) is 4.27. The normalized spacial score (nSPS) is 15.3. The van der Waals surface area contributed by atoms with Gasteiger partial charge in [0, 0.05) is 43.3 Å². The summed E-state index contributed by atoms with van der Waals surface area (Å²) in [5, 5.41) is 5.41. The monoisotopic (exact) mass is 444 g/mol. The van der Waals surface area contributed by atoms with Gasteiger partial charge in [-0.15, -0.1) is 0 Å². The Morgan fingerprint density at radius 1 is 1.00 bits per heavy atom. The third kappa shape index (κ3) is 4.51. The minimum absolute atomic E-state index is 0.234. The second-order valence-corrected chi connectivity index (χ2v) is 9.64. The molecule has 0 radical (unpaired) electrons. The summed E-state index contributed by atoms with van der Waals surface area (Å²) in [5.41, 5.74) is 4.79. The van der Waals surface area contributed by atoms with Crippen molar-refractivity contribution in [3.05, 3.63) is 48.4 Å². The van der Waals surface area contributed by atoms with Crippen molar-refractivity contribution in [2.75, 3.05) is 13.1 Å². The van der Waals surface area contributed by atoms with E-state index in [-0.39, 0.29) is 6.09 Å². The van der Waals surface area contributed by atoms with Crippen molar-refractivity contribution in [3.63, 3.8) is 0 Å². The van der Waals surface area contributed by atoms with Crippen molar-refractivity contribution in [1.29, 1.82) is 0 Å². The van der Waals surface area contributed by atoms with Crippen LogP contribution in [0.3, 0.4) is 0 Å². The van der Waals surface area contributed by atoms with Crippen LogP contribution in [-0.4, -0.2) is 54.4 Å². The molecular weight excluding hydrogens is 416 g/mol. The summed E-state index contributed by atoms with van der Waals surface area (Å²) < 4.78 is 7.29. The molecule has 0 unspecified atom stereocenters. The van der Waals surface area contributed by atoms with Crippen LogP contribution in [0.2, 0.25) is 0 Å². The standard InChI is InChI=1S/C25H28N6O2/c1-25(2,3)33-24(32)31-11-9-16(10-12-31)18-5-6-20-19(27-18)7-8-21(28-20)22-13-17-15-30(4)29-23(17)14-26-22/h5-8,13-16H,9-12H2,1-4H3. The van der Waals surface area contributed by atoms with Crippen molar-refractivity contribution in [2.45, 2.75) is 45.1 Å². The van der Waals surface area contributed by atoms with Gasteiger partial charge < -0.3 is 9.64 Å². The van der Waals surface area contributed by atoms with Gasteiger partial charge in [-0.05, 0) is 63.9 Å². The van der Waals surface area contributed by atoms with Crippen LogP contribution in [0.5, 0.6) is 0 Å². The summed E-state index contributed by atoms with van der Waals surface area (Å²) in [6, 6.07) is 10.1. The van der Waals surface area contributed by atoms with E-state index in [1.165, 1.54) is 0 Å². The summed E-state index contributed by atoms with van der Waals surface area (Å²) in [4.78, 5) is 28.3. The van der Waals surface area contributed by atoms with E-state index in [1.54, 1.807) is 15.8 Å². The van der Waals surface area contributed by atoms with E-state index in [0.717, 1.165) is 51.9 Å². The molecule has 4 aromatic rings. The predicted molar refractivity (Wildman–Crippen MR) is 127 cm³/mol. The molecule has 0 spiro atoms. The molecule has 170 valence electrons. The van der Waals surface area contributed by atoms with Gasteiger partial charge in [-0.2, -0.15) is 5.10 Å². The van der Waals surface area contributed by atoms with Gasteiger partial charge in [0.25, 0.3) is 0 Å². The number of fused-ring (bicyclic) bond motifs is 2. The lowest BCUT2D eigenvalue weighted by Crippen LogP contribution is -2.41. The molecule has 8 heteroatoms. The minimum Gasteiger partial charge on any atom is -0.444 e. The number of likely N-dealkylation sites (tertiary alicyclic amines) is 1. The lowest BCUT2D eigenvalue weighted by Gasteiger charge is -2.33. The first-order chi connectivity index (χ1) is 15.7. The summed E-state index contributed by atoms with van der Waals surface area (Å²) in [7, 11) is 1.90. The van der Waals surface area contributed by atoms with E-state index in [2.05, 4.69) is 16.1 Å². The van der Waals surface area contributed by atoms with E-state index in [4.69, 9.17) is 14.7 Å². The zero-order valence-electron chi connectivity index (χ0n) is 19.4. The minimum atomic E-state index is -0.473. The zero-order chi connectivity index (χ0) is 23.2. The topological polar surface area (TPSA) is 86.0 Å². The largest absolute Gasteiger partial charge is 0.444 e. The van der Waals surface area contributed by atoms with Crippen LogP contribution in [0.4, 0.5) is 4.79 Å². The SMILES string of the molecule is Cn1cc2cc(-c3ccc4nc(C5CCN(C(=O)OC(C)(C)C)CC5)ccc4n3)ncc2n1. The molecule has 0 aliphatic carbocycles. The Morgan fingerprint density at radius 2 is 1.73 bits per heavy atom. The van der Waals surface area contributed by atoms with E-state index < -0.39 is 5.60 Å². The summed E-state index contributed by atoms with van der Waals surface area (Å²) in [6.07, 6.45) is 5.27. The Labute approximate surface area is 192 Å². The number of pyridine rings is 3. The highest BCUT2D eigenvalue weighted by Gasteiger charge is 2.28. The Kier molecular flexibility index (Phi) is 5.23. The Hall–Kier alpha value is -3.55. The van der Waals surface area contributed by atoms with Crippen LogP contribution in [0.1, 0.15) is 45.2 Å². The molecular formula is C25H28N6O2. The van der Waals surface area contributed by atoms with E-state index in [9.17, 15) is 4.79 Å². The number of carbonyl (C=O) groups excluding carboxylic acids is 1. The van der Waals surface area contributed by atoms with Gasteiger partial charge in [-0.1, -0.05) is 0 Å². The molecule has 5 heterocycles. The van der Waals surface area contributed by atoms with Crippen LogP contribution in [-0.2, 0) is 11.8 Å². The Morgan fingerprint density at radius 3 is 2.48 bits per heavy atom. The number of aromatic nitrogens is 5. The lowest BCUT2D eigenvalue weighted by molar-refractivity contribution is 0.0204. The third-order valence-corrected chi connectivity index (χ3v) is 5.90. The molecule has 0 saturated carbocycles. The first-order valence-electron chi connectivity index (χ1n) is 11.3. The van der Waals surface area contributed by atoms with Gasteiger partial charge >= 0.3 is 6.09 Å². The summed E-state index contributed by atoms with van der Waals surface area (Å²) in [6.45, 7) is 7.04. The molecule has 8 nitrogen and oxygen atoms in total. The highest BCUT2D eigenvalue weighted by atomic mass is 16.6. The van der Waals surface area contributed by atoms with Crippen molar-refractivity contribution in [1.82, 2.24) is 29.6 Å². The van der Waals surface area contributed by atoms with Crippen molar-refractivity contribution in [2.24, 2.45) is 7.05 Å². The van der Waals surface area contributed by atoms with Gasteiger partial charge in [-0.3, -0.25) is 14.6 Å². The summed E-state index contributed by atoms with van der Waals surface area (Å²) >= 11 is 0. The average molecular weight is 445 g/mol. The molecule has 1 aliphatic heterocycles. The molecule has 5 rings (SSSR count). The van der Waals surface area contributed by atoms with Crippen LogP contribution in [0, 0.1) is 0 Å². The smallest absolute Gasteiger partial charge is 0.410 e. The molecule has 0 N–H and O–H groups in total. The maximum absolute atomic E-state index is 12.3. The van der Waals surface area contributed by atoms with Gasteiger partial charge in [-0.25, -0.2) is 9.78 Å². The number of nitrogens with zero attached hydrogens (tertiary/aromatic N) is 6.